The standard InChI is InChI=1S/C11H14ClNO2/c1-2-8-15-10(11(12)13-14)9-6-4-3-5-7-9/h3-7,10,14H,2,8H2,1H3/b13-11-/t10-/m0/s1. The van der Waals surface area contributed by atoms with Crippen LogP contribution in [0.5, 0.6) is 0 Å². The number of nitrogens with zero attached hydrogens (tertiary/aromatic N) is 1. The average Bonchev–Trinajstić information content (AvgIpc) is 2.30. The lowest BCUT2D eigenvalue weighted by Crippen LogP contribution is -2.12. The average molecular weight is 228 g/mol. The monoisotopic (exact) mass is 227 g/mol. The van der Waals surface area contributed by atoms with Crippen LogP contribution >= 0.6 is 11.6 Å². The normalized spacial score (nSPS) is 13.9. The fourth-order valence-corrected chi connectivity index (χ4v) is 1.41. The summed E-state index contributed by atoms with van der Waals surface area (Å²) < 4.78 is 5.51. The Morgan fingerprint density at radius 1 is 1.47 bits per heavy atom. The van der Waals surface area contributed by atoms with Crippen molar-refractivity contribution >= 4 is 16.8 Å². The Hall–Kier alpha value is -1.06. The summed E-state index contributed by atoms with van der Waals surface area (Å²) in [4.78, 5) is 0. The molecule has 1 aromatic carbocycles. The molecular formula is C11H14ClNO2. The van der Waals surface area contributed by atoms with Crippen LogP contribution in [0.3, 0.4) is 0 Å². The molecule has 1 rings (SSSR count). The summed E-state index contributed by atoms with van der Waals surface area (Å²) in [5, 5.41) is 11.7. The number of benzene rings is 1. The van der Waals surface area contributed by atoms with E-state index >= 15 is 0 Å². The molecule has 1 N–H and O–H groups in total. The Labute approximate surface area is 94.3 Å². The van der Waals surface area contributed by atoms with E-state index in [1.807, 2.05) is 37.3 Å². The minimum Gasteiger partial charge on any atom is -0.410 e. The van der Waals surface area contributed by atoms with Crippen molar-refractivity contribution in [1.82, 2.24) is 0 Å². The Kier molecular flexibility index (Phi) is 5.15. The SMILES string of the molecule is CCCO[C@H](/C(Cl)=N/O)c1ccccc1. The maximum absolute atomic E-state index is 8.64. The maximum Gasteiger partial charge on any atom is 0.178 e. The summed E-state index contributed by atoms with van der Waals surface area (Å²) in [6.07, 6.45) is 0.414. The first-order valence-electron chi connectivity index (χ1n) is 4.83. The van der Waals surface area contributed by atoms with Crippen LogP contribution in [0, 0.1) is 0 Å². The van der Waals surface area contributed by atoms with E-state index in [1.165, 1.54) is 0 Å². The molecule has 0 amide bonds. The van der Waals surface area contributed by atoms with Gasteiger partial charge in [-0.1, -0.05) is 54.0 Å². The van der Waals surface area contributed by atoms with Gasteiger partial charge < -0.3 is 9.94 Å². The minimum atomic E-state index is -0.474. The summed E-state index contributed by atoms with van der Waals surface area (Å²) in [6.45, 7) is 2.58. The molecule has 0 fully saturated rings. The molecule has 3 nitrogen and oxygen atoms in total. The Bertz CT molecular complexity index is 314. The largest absolute Gasteiger partial charge is 0.410 e. The lowest BCUT2D eigenvalue weighted by atomic mass is 10.1. The second kappa shape index (κ2) is 6.43. The lowest BCUT2D eigenvalue weighted by molar-refractivity contribution is 0.0979. The minimum absolute atomic E-state index is 0.0506. The first-order chi connectivity index (χ1) is 7.29. The maximum atomic E-state index is 8.64. The first kappa shape index (κ1) is 12.0. The zero-order valence-corrected chi connectivity index (χ0v) is 9.31. The van der Waals surface area contributed by atoms with Crippen molar-refractivity contribution in [2.45, 2.75) is 19.4 Å². The highest BCUT2D eigenvalue weighted by Crippen LogP contribution is 2.21. The van der Waals surface area contributed by atoms with Crippen LogP contribution in [0.2, 0.25) is 0 Å². The second-order valence-corrected chi connectivity index (χ2v) is 3.47. The Morgan fingerprint density at radius 2 is 2.13 bits per heavy atom. The number of halogens is 1. The van der Waals surface area contributed by atoms with Gasteiger partial charge in [0.15, 0.2) is 5.17 Å². The molecule has 0 saturated carbocycles. The summed E-state index contributed by atoms with van der Waals surface area (Å²) >= 11 is 5.78. The number of oxime groups is 1. The molecule has 4 heteroatoms. The van der Waals surface area contributed by atoms with E-state index in [4.69, 9.17) is 21.5 Å². The predicted octanol–water partition coefficient (Wildman–Crippen LogP) is 3.18. The number of ether oxygens (including phenoxy) is 1. The van der Waals surface area contributed by atoms with Gasteiger partial charge in [0, 0.05) is 6.61 Å². The van der Waals surface area contributed by atoms with Crippen LogP contribution in [0.1, 0.15) is 25.0 Å². The smallest absolute Gasteiger partial charge is 0.178 e. The van der Waals surface area contributed by atoms with Crippen molar-refractivity contribution in [3.05, 3.63) is 35.9 Å². The highest BCUT2D eigenvalue weighted by atomic mass is 35.5. The van der Waals surface area contributed by atoms with Crippen molar-refractivity contribution < 1.29 is 9.94 Å². The summed E-state index contributed by atoms with van der Waals surface area (Å²) in [7, 11) is 0. The Morgan fingerprint density at radius 3 is 2.67 bits per heavy atom. The highest BCUT2D eigenvalue weighted by Gasteiger charge is 2.17. The van der Waals surface area contributed by atoms with Crippen LogP contribution < -0.4 is 0 Å². The molecule has 0 spiro atoms. The first-order valence-corrected chi connectivity index (χ1v) is 5.21. The van der Waals surface area contributed by atoms with E-state index in [0.717, 1.165) is 12.0 Å². The van der Waals surface area contributed by atoms with E-state index < -0.39 is 6.10 Å². The van der Waals surface area contributed by atoms with Crippen LogP contribution in [0.4, 0.5) is 0 Å². The van der Waals surface area contributed by atoms with Gasteiger partial charge in [0.05, 0.1) is 0 Å². The fourth-order valence-electron chi connectivity index (χ4n) is 1.22. The molecule has 0 aliphatic heterocycles. The quantitative estimate of drug-likeness (QED) is 0.477. The second-order valence-electron chi connectivity index (χ2n) is 3.08. The van der Waals surface area contributed by atoms with Crippen molar-refractivity contribution in [1.29, 1.82) is 0 Å². The molecule has 15 heavy (non-hydrogen) atoms. The van der Waals surface area contributed by atoms with E-state index in [0.29, 0.717) is 6.61 Å². The van der Waals surface area contributed by atoms with Crippen molar-refractivity contribution in [3.63, 3.8) is 0 Å². The molecule has 0 radical (unpaired) electrons. The van der Waals surface area contributed by atoms with Gasteiger partial charge in [0.1, 0.15) is 6.10 Å². The van der Waals surface area contributed by atoms with Crippen LogP contribution in [0.25, 0.3) is 0 Å². The summed E-state index contributed by atoms with van der Waals surface area (Å²) in [5.41, 5.74) is 0.883. The molecule has 82 valence electrons. The van der Waals surface area contributed by atoms with E-state index in [-0.39, 0.29) is 5.17 Å². The van der Waals surface area contributed by atoms with Gasteiger partial charge in [-0.3, -0.25) is 0 Å². The van der Waals surface area contributed by atoms with E-state index in [2.05, 4.69) is 5.16 Å². The summed E-state index contributed by atoms with van der Waals surface area (Å²) in [5.74, 6) is 0. The lowest BCUT2D eigenvalue weighted by Gasteiger charge is -2.15. The number of hydrogen-bond donors (Lipinski definition) is 1. The van der Waals surface area contributed by atoms with Gasteiger partial charge in [-0.25, -0.2) is 0 Å². The highest BCUT2D eigenvalue weighted by molar-refractivity contribution is 6.66. The molecule has 0 heterocycles. The third kappa shape index (κ3) is 3.53. The van der Waals surface area contributed by atoms with Gasteiger partial charge >= 0.3 is 0 Å². The molecule has 0 bridgehead atoms. The topological polar surface area (TPSA) is 41.8 Å². The van der Waals surface area contributed by atoms with Gasteiger partial charge in [-0.15, -0.1) is 0 Å². The van der Waals surface area contributed by atoms with E-state index in [1.54, 1.807) is 0 Å². The van der Waals surface area contributed by atoms with Crippen LogP contribution in [-0.4, -0.2) is 17.0 Å². The predicted molar refractivity (Wildman–Crippen MR) is 60.5 cm³/mol. The van der Waals surface area contributed by atoms with E-state index in [9.17, 15) is 0 Å². The molecule has 0 aliphatic rings. The fraction of sp³-hybridized carbons (Fsp3) is 0.364. The molecule has 0 aliphatic carbocycles. The molecular weight excluding hydrogens is 214 g/mol. The van der Waals surface area contributed by atoms with Gasteiger partial charge in [-0.2, -0.15) is 0 Å². The third-order valence-electron chi connectivity index (χ3n) is 1.90. The van der Waals surface area contributed by atoms with Gasteiger partial charge in [0.2, 0.25) is 0 Å². The molecule has 0 aromatic heterocycles. The molecule has 1 atom stereocenters. The summed E-state index contributed by atoms with van der Waals surface area (Å²) in [6, 6.07) is 9.45. The Balaban J connectivity index is 2.81. The zero-order valence-electron chi connectivity index (χ0n) is 8.56. The molecule has 1 aromatic rings. The van der Waals surface area contributed by atoms with Crippen molar-refractivity contribution in [2.75, 3.05) is 6.61 Å². The number of hydrogen-bond acceptors (Lipinski definition) is 3. The van der Waals surface area contributed by atoms with Crippen molar-refractivity contribution in [2.24, 2.45) is 5.16 Å². The van der Waals surface area contributed by atoms with Gasteiger partial charge in [0.25, 0.3) is 0 Å². The van der Waals surface area contributed by atoms with Gasteiger partial charge in [-0.05, 0) is 12.0 Å². The zero-order chi connectivity index (χ0) is 11.1. The molecule has 0 saturated heterocycles. The van der Waals surface area contributed by atoms with Crippen LogP contribution in [0.15, 0.2) is 35.5 Å². The van der Waals surface area contributed by atoms with Crippen LogP contribution in [-0.2, 0) is 4.74 Å². The number of rotatable bonds is 5. The molecule has 0 unspecified atom stereocenters. The third-order valence-corrected chi connectivity index (χ3v) is 2.18. The van der Waals surface area contributed by atoms with Crippen molar-refractivity contribution in [3.8, 4) is 0 Å².